The molecule has 106 valence electrons. The summed E-state index contributed by atoms with van der Waals surface area (Å²) in [5.41, 5.74) is 0.171. The van der Waals surface area contributed by atoms with Crippen molar-refractivity contribution in [1.82, 2.24) is 0 Å². The summed E-state index contributed by atoms with van der Waals surface area (Å²) in [4.78, 5) is 0. The van der Waals surface area contributed by atoms with Crippen LogP contribution in [-0.2, 0) is 10.0 Å². The molecule has 0 unspecified atom stereocenters. The topological polar surface area (TPSA) is 75.6 Å². The maximum Gasteiger partial charge on any atom is 0.235 e. The van der Waals surface area contributed by atoms with Crippen LogP contribution in [0.15, 0.2) is 18.2 Å². The molecule has 1 saturated carbocycles. The smallest absolute Gasteiger partial charge is 0.235 e. The maximum absolute atomic E-state index is 12.2. The van der Waals surface area contributed by atoms with Gasteiger partial charge in [-0.05, 0) is 25.0 Å². The molecule has 0 aliphatic heterocycles. The second kappa shape index (κ2) is 5.69. The van der Waals surface area contributed by atoms with Crippen molar-refractivity contribution < 1.29 is 18.3 Å². The Morgan fingerprint density at radius 1 is 1.26 bits per heavy atom. The first-order valence-electron chi connectivity index (χ1n) is 6.41. The van der Waals surface area contributed by atoms with E-state index in [1.54, 1.807) is 6.07 Å². The third kappa shape index (κ3) is 3.32. The minimum Gasteiger partial charge on any atom is -0.506 e. The van der Waals surface area contributed by atoms with Crippen LogP contribution in [0.25, 0.3) is 0 Å². The monoisotopic (exact) mass is 285 g/mol. The Morgan fingerprint density at radius 2 is 1.95 bits per heavy atom. The molecule has 0 atom stereocenters. The number of phenolic OH excluding ortho intramolecular Hbond substituents is 1. The lowest BCUT2D eigenvalue weighted by Gasteiger charge is -2.22. The molecule has 2 rings (SSSR count). The predicted octanol–water partition coefficient (Wildman–Crippen LogP) is 2.48. The van der Waals surface area contributed by atoms with Gasteiger partial charge in [-0.25, -0.2) is 8.42 Å². The highest BCUT2D eigenvalue weighted by Gasteiger charge is 2.27. The minimum atomic E-state index is -3.45. The molecule has 1 aliphatic rings. The molecule has 0 amide bonds. The zero-order valence-electron chi connectivity index (χ0n) is 10.9. The summed E-state index contributed by atoms with van der Waals surface area (Å²) in [6, 6.07) is 4.47. The molecule has 1 fully saturated rings. The first kappa shape index (κ1) is 14.0. The van der Waals surface area contributed by atoms with Crippen LogP contribution in [0.1, 0.15) is 32.1 Å². The van der Waals surface area contributed by atoms with Gasteiger partial charge < -0.3 is 9.84 Å². The lowest BCUT2D eigenvalue weighted by atomic mass is 10.0. The number of nitrogens with one attached hydrogen (secondary N) is 1. The summed E-state index contributed by atoms with van der Waals surface area (Å²) in [6.07, 6.45) is 4.34. The third-order valence-corrected chi connectivity index (χ3v) is 5.30. The molecular weight excluding hydrogens is 266 g/mol. The van der Waals surface area contributed by atoms with Crippen molar-refractivity contribution in [3.63, 3.8) is 0 Å². The van der Waals surface area contributed by atoms with E-state index in [0.29, 0.717) is 18.6 Å². The summed E-state index contributed by atoms with van der Waals surface area (Å²) >= 11 is 0. The van der Waals surface area contributed by atoms with Crippen LogP contribution in [-0.4, -0.2) is 25.9 Å². The van der Waals surface area contributed by atoms with Crippen LogP contribution in [0.5, 0.6) is 11.5 Å². The summed E-state index contributed by atoms with van der Waals surface area (Å²) in [7, 11) is -1.96. The molecule has 5 nitrogen and oxygen atoms in total. The van der Waals surface area contributed by atoms with Crippen LogP contribution in [0.2, 0.25) is 0 Å². The molecule has 1 aliphatic carbocycles. The molecule has 0 spiro atoms. The quantitative estimate of drug-likeness (QED) is 0.833. The second-order valence-corrected chi connectivity index (χ2v) is 6.75. The molecule has 1 aromatic carbocycles. The Hall–Kier alpha value is -1.43. The standard InChI is InChI=1S/C13H19NO4S/c1-18-10-7-8-13(15)12(9-10)14-19(16,17)11-5-3-2-4-6-11/h7-9,11,14-15H,2-6H2,1H3. The number of anilines is 1. The predicted molar refractivity (Wildman–Crippen MR) is 74.1 cm³/mol. The molecular formula is C13H19NO4S. The third-order valence-electron chi connectivity index (χ3n) is 3.45. The van der Waals surface area contributed by atoms with Gasteiger partial charge in [0.05, 0.1) is 18.0 Å². The number of hydrogen-bond acceptors (Lipinski definition) is 4. The Kier molecular flexibility index (Phi) is 4.19. The maximum atomic E-state index is 12.2. The molecule has 0 saturated heterocycles. The number of methoxy groups -OCH3 is 1. The lowest BCUT2D eigenvalue weighted by Crippen LogP contribution is -2.29. The van der Waals surface area contributed by atoms with Crippen molar-refractivity contribution in [1.29, 1.82) is 0 Å². The van der Waals surface area contributed by atoms with E-state index in [4.69, 9.17) is 4.74 Å². The first-order valence-corrected chi connectivity index (χ1v) is 7.96. The van der Waals surface area contributed by atoms with Gasteiger partial charge in [-0.2, -0.15) is 0 Å². The zero-order chi connectivity index (χ0) is 13.9. The molecule has 6 heteroatoms. The molecule has 2 N–H and O–H groups in total. The summed E-state index contributed by atoms with van der Waals surface area (Å²) < 4.78 is 32.0. The van der Waals surface area contributed by atoms with Crippen LogP contribution in [0.4, 0.5) is 5.69 Å². The SMILES string of the molecule is COc1ccc(O)c(NS(=O)(=O)C2CCCCC2)c1. The minimum absolute atomic E-state index is 0.0971. The van der Waals surface area contributed by atoms with E-state index < -0.39 is 10.0 Å². The Labute approximate surface area is 113 Å². The van der Waals surface area contributed by atoms with Gasteiger partial charge in [-0.15, -0.1) is 0 Å². The van der Waals surface area contributed by atoms with E-state index in [1.165, 1.54) is 19.2 Å². The fourth-order valence-electron chi connectivity index (χ4n) is 2.34. The zero-order valence-corrected chi connectivity index (χ0v) is 11.7. The molecule has 19 heavy (non-hydrogen) atoms. The normalized spacial score (nSPS) is 17.1. The van der Waals surface area contributed by atoms with Gasteiger partial charge in [-0.1, -0.05) is 19.3 Å². The number of rotatable bonds is 4. The molecule has 0 radical (unpaired) electrons. The number of hydrogen-bond donors (Lipinski definition) is 2. The van der Waals surface area contributed by atoms with E-state index in [9.17, 15) is 13.5 Å². The van der Waals surface area contributed by atoms with E-state index >= 15 is 0 Å². The molecule has 0 bridgehead atoms. The Morgan fingerprint density at radius 3 is 2.58 bits per heavy atom. The highest BCUT2D eigenvalue weighted by atomic mass is 32.2. The lowest BCUT2D eigenvalue weighted by molar-refractivity contribution is 0.413. The van der Waals surface area contributed by atoms with Crippen LogP contribution < -0.4 is 9.46 Å². The summed E-state index contributed by atoms with van der Waals surface area (Å²) in [6.45, 7) is 0. The van der Waals surface area contributed by atoms with E-state index in [2.05, 4.69) is 4.72 Å². The van der Waals surface area contributed by atoms with Gasteiger partial charge in [0.15, 0.2) is 0 Å². The fraction of sp³-hybridized carbons (Fsp3) is 0.538. The average Bonchev–Trinajstić information content (AvgIpc) is 2.42. The van der Waals surface area contributed by atoms with Crippen molar-refractivity contribution in [3.8, 4) is 11.5 Å². The fourth-order valence-corrected chi connectivity index (χ4v) is 3.93. The first-order chi connectivity index (χ1) is 9.03. The van der Waals surface area contributed by atoms with Crippen molar-refractivity contribution >= 4 is 15.7 Å². The number of benzene rings is 1. The molecule has 0 heterocycles. The van der Waals surface area contributed by atoms with Crippen molar-refractivity contribution in [2.75, 3.05) is 11.8 Å². The second-order valence-electron chi connectivity index (χ2n) is 4.79. The van der Waals surface area contributed by atoms with Crippen molar-refractivity contribution in [2.45, 2.75) is 37.4 Å². The summed E-state index contributed by atoms with van der Waals surface area (Å²) in [5.74, 6) is 0.402. The molecule has 0 aromatic heterocycles. The van der Waals surface area contributed by atoms with Gasteiger partial charge in [0.2, 0.25) is 10.0 Å². The number of sulfonamides is 1. The van der Waals surface area contributed by atoms with E-state index in [1.807, 2.05) is 0 Å². The van der Waals surface area contributed by atoms with Crippen LogP contribution in [0, 0.1) is 0 Å². The number of ether oxygens (including phenoxy) is 1. The van der Waals surface area contributed by atoms with Gasteiger partial charge in [-0.3, -0.25) is 4.72 Å². The Bertz CT molecular complexity index is 536. The van der Waals surface area contributed by atoms with Crippen LogP contribution in [0.3, 0.4) is 0 Å². The van der Waals surface area contributed by atoms with Gasteiger partial charge in [0, 0.05) is 6.07 Å². The Balaban J connectivity index is 2.19. The molecule has 1 aromatic rings. The average molecular weight is 285 g/mol. The van der Waals surface area contributed by atoms with Crippen LogP contribution >= 0.6 is 0 Å². The highest BCUT2D eigenvalue weighted by Crippen LogP contribution is 2.31. The van der Waals surface area contributed by atoms with Gasteiger partial charge >= 0.3 is 0 Å². The van der Waals surface area contributed by atoms with E-state index in [-0.39, 0.29) is 16.7 Å². The van der Waals surface area contributed by atoms with Crippen molar-refractivity contribution in [2.24, 2.45) is 0 Å². The van der Waals surface area contributed by atoms with E-state index in [0.717, 1.165) is 19.3 Å². The largest absolute Gasteiger partial charge is 0.506 e. The highest BCUT2D eigenvalue weighted by molar-refractivity contribution is 7.93. The summed E-state index contributed by atoms with van der Waals surface area (Å²) in [5, 5.41) is 9.34. The number of aromatic hydroxyl groups is 1. The van der Waals surface area contributed by atoms with Gasteiger partial charge in [0.1, 0.15) is 11.5 Å². The number of phenols is 1. The van der Waals surface area contributed by atoms with Gasteiger partial charge in [0.25, 0.3) is 0 Å². The van der Waals surface area contributed by atoms with Crippen molar-refractivity contribution in [3.05, 3.63) is 18.2 Å².